The van der Waals surface area contributed by atoms with Crippen molar-refractivity contribution in [2.45, 2.75) is 13.5 Å². The molecule has 140 valence electrons. The molecule has 1 aromatic heterocycles. The number of halogens is 2. The van der Waals surface area contributed by atoms with Gasteiger partial charge in [0.2, 0.25) is 5.91 Å². The number of likely N-dealkylation sites (N-methyl/N-ethyl adjacent to an activating group) is 1. The molecule has 0 fully saturated rings. The van der Waals surface area contributed by atoms with Crippen molar-refractivity contribution in [1.29, 1.82) is 0 Å². The van der Waals surface area contributed by atoms with Gasteiger partial charge >= 0.3 is 5.63 Å². The number of carbonyl (C=O) groups excluding carboxylic acids is 1. The Bertz CT molecular complexity index is 1050. The first-order valence-corrected chi connectivity index (χ1v) is 9.04. The van der Waals surface area contributed by atoms with Gasteiger partial charge in [0, 0.05) is 33.7 Å². The van der Waals surface area contributed by atoms with Gasteiger partial charge in [0.05, 0.1) is 6.54 Å². The molecule has 0 aliphatic rings. The summed E-state index contributed by atoms with van der Waals surface area (Å²) in [6, 6.07) is 11.9. The molecule has 0 radical (unpaired) electrons. The van der Waals surface area contributed by atoms with Gasteiger partial charge in [-0.25, -0.2) is 4.79 Å². The minimum absolute atomic E-state index is 0.157. The van der Waals surface area contributed by atoms with Crippen molar-refractivity contribution >= 4 is 45.8 Å². The number of hydrogen-bond donors (Lipinski definition) is 1. The highest BCUT2D eigenvalue weighted by atomic mass is 35.5. The quantitative estimate of drug-likeness (QED) is 0.636. The van der Waals surface area contributed by atoms with Crippen LogP contribution in [0.4, 0.5) is 5.69 Å². The predicted molar refractivity (Wildman–Crippen MR) is 109 cm³/mol. The van der Waals surface area contributed by atoms with Crippen LogP contribution in [0.3, 0.4) is 0 Å². The zero-order valence-electron chi connectivity index (χ0n) is 14.9. The van der Waals surface area contributed by atoms with Gasteiger partial charge in [-0.2, -0.15) is 0 Å². The van der Waals surface area contributed by atoms with Gasteiger partial charge in [-0.15, -0.1) is 0 Å². The number of nitrogens with zero attached hydrogens (tertiary/aromatic N) is 1. The molecule has 27 heavy (non-hydrogen) atoms. The van der Waals surface area contributed by atoms with Crippen LogP contribution in [0.25, 0.3) is 11.0 Å². The SMILES string of the molecule is Cc1cc2oc(=O)cc(CN(C)CC(=O)Nc3ccc(Cl)cc3)c2cc1Cl. The zero-order valence-corrected chi connectivity index (χ0v) is 16.4. The van der Waals surface area contributed by atoms with Crippen LogP contribution in [0.2, 0.25) is 10.0 Å². The van der Waals surface area contributed by atoms with Crippen molar-refractivity contribution in [1.82, 2.24) is 4.90 Å². The van der Waals surface area contributed by atoms with E-state index in [4.69, 9.17) is 27.6 Å². The molecule has 7 heteroatoms. The molecule has 5 nitrogen and oxygen atoms in total. The first-order valence-electron chi connectivity index (χ1n) is 8.28. The second-order valence-electron chi connectivity index (χ2n) is 6.42. The normalized spacial score (nSPS) is 11.1. The van der Waals surface area contributed by atoms with Gasteiger partial charge in [-0.3, -0.25) is 9.69 Å². The Morgan fingerprint density at radius 3 is 2.56 bits per heavy atom. The Morgan fingerprint density at radius 1 is 1.15 bits per heavy atom. The molecular weight excluding hydrogens is 387 g/mol. The molecule has 0 bridgehead atoms. The Labute approximate surface area is 166 Å². The van der Waals surface area contributed by atoms with Crippen molar-refractivity contribution in [2.24, 2.45) is 0 Å². The maximum atomic E-state index is 12.2. The number of rotatable bonds is 5. The molecule has 0 atom stereocenters. The molecule has 0 saturated carbocycles. The summed E-state index contributed by atoms with van der Waals surface area (Å²) in [6.07, 6.45) is 0. The standard InChI is InChI=1S/C20H18Cl2N2O3/c1-12-7-18-16(9-17(12)22)13(8-20(26)27-18)10-24(2)11-19(25)23-15-5-3-14(21)4-6-15/h3-9H,10-11H2,1-2H3,(H,23,25). The number of nitrogens with one attached hydrogen (secondary N) is 1. The number of aryl methyl sites for hydroxylation is 1. The summed E-state index contributed by atoms with van der Waals surface area (Å²) >= 11 is 12.1. The Morgan fingerprint density at radius 2 is 1.85 bits per heavy atom. The van der Waals surface area contributed by atoms with Gasteiger partial charge in [0.1, 0.15) is 5.58 Å². The highest BCUT2D eigenvalue weighted by molar-refractivity contribution is 6.32. The number of amides is 1. The molecule has 0 aliphatic carbocycles. The van der Waals surface area contributed by atoms with Crippen molar-refractivity contribution in [3.8, 4) is 0 Å². The van der Waals surface area contributed by atoms with E-state index in [1.54, 1.807) is 43.4 Å². The molecule has 0 spiro atoms. The number of fused-ring (bicyclic) bond motifs is 1. The smallest absolute Gasteiger partial charge is 0.336 e. The third-order valence-electron chi connectivity index (χ3n) is 4.09. The summed E-state index contributed by atoms with van der Waals surface area (Å²) < 4.78 is 5.27. The summed E-state index contributed by atoms with van der Waals surface area (Å²) in [4.78, 5) is 25.9. The fourth-order valence-electron chi connectivity index (χ4n) is 2.80. The van der Waals surface area contributed by atoms with E-state index < -0.39 is 5.63 Å². The first kappa shape index (κ1) is 19.4. The van der Waals surface area contributed by atoms with Crippen LogP contribution in [0.1, 0.15) is 11.1 Å². The van der Waals surface area contributed by atoms with Gasteiger partial charge in [0.15, 0.2) is 0 Å². The summed E-state index contributed by atoms with van der Waals surface area (Å²) in [6.45, 7) is 2.40. The van der Waals surface area contributed by atoms with Crippen molar-refractivity contribution in [3.63, 3.8) is 0 Å². The highest BCUT2D eigenvalue weighted by Gasteiger charge is 2.13. The molecule has 1 N–H and O–H groups in total. The average molecular weight is 405 g/mol. The van der Waals surface area contributed by atoms with Gasteiger partial charge in [0.25, 0.3) is 0 Å². The van der Waals surface area contributed by atoms with E-state index in [1.165, 1.54) is 6.07 Å². The van der Waals surface area contributed by atoms with Gasteiger partial charge in [-0.1, -0.05) is 23.2 Å². The maximum absolute atomic E-state index is 12.2. The largest absolute Gasteiger partial charge is 0.423 e. The highest BCUT2D eigenvalue weighted by Crippen LogP contribution is 2.25. The summed E-state index contributed by atoms with van der Waals surface area (Å²) in [5, 5.41) is 4.77. The van der Waals surface area contributed by atoms with Gasteiger partial charge in [-0.05, 0) is 61.5 Å². The molecule has 1 amide bonds. The summed E-state index contributed by atoms with van der Waals surface area (Å²) in [5.41, 5.74) is 2.31. The van der Waals surface area contributed by atoms with Crippen LogP contribution in [-0.2, 0) is 11.3 Å². The third-order valence-corrected chi connectivity index (χ3v) is 4.75. The van der Waals surface area contributed by atoms with Gasteiger partial charge < -0.3 is 9.73 Å². The van der Waals surface area contributed by atoms with E-state index in [1.807, 2.05) is 11.8 Å². The van der Waals surface area contributed by atoms with Crippen LogP contribution in [0, 0.1) is 6.92 Å². The first-order chi connectivity index (χ1) is 12.8. The molecule has 2 aromatic carbocycles. The minimum Gasteiger partial charge on any atom is -0.423 e. The number of benzene rings is 2. The lowest BCUT2D eigenvalue weighted by atomic mass is 10.1. The summed E-state index contributed by atoms with van der Waals surface area (Å²) in [5.74, 6) is -0.166. The lowest BCUT2D eigenvalue weighted by molar-refractivity contribution is -0.117. The third kappa shape index (κ3) is 4.89. The van der Waals surface area contributed by atoms with Crippen LogP contribution in [0.15, 0.2) is 51.7 Å². The molecule has 0 saturated heterocycles. The second-order valence-corrected chi connectivity index (χ2v) is 7.26. The zero-order chi connectivity index (χ0) is 19.6. The lowest BCUT2D eigenvalue weighted by Crippen LogP contribution is -2.30. The number of carbonyl (C=O) groups is 1. The number of anilines is 1. The van der Waals surface area contributed by atoms with E-state index in [0.29, 0.717) is 27.9 Å². The molecule has 0 unspecified atom stereocenters. The van der Waals surface area contributed by atoms with Crippen LogP contribution in [-0.4, -0.2) is 24.4 Å². The fourth-order valence-corrected chi connectivity index (χ4v) is 3.09. The summed E-state index contributed by atoms with van der Waals surface area (Å²) in [7, 11) is 1.80. The maximum Gasteiger partial charge on any atom is 0.336 e. The Hall–Kier alpha value is -2.34. The molecule has 3 aromatic rings. The topological polar surface area (TPSA) is 62.6 Å². The molecule has 3 rings (SSSR count). The van der Waals surface area contributed by atoms with E-state index >= 15 is 0 Å². The molecular formula is C20H18Cl2N2O3. The predicted octanol–water partition coefficient (Wildman–Crippen LogP) is 4.48. The lowest BCUT2D eigenvalue weighted by Gasteiger charge is -2.17. The monoisotopic (exact) mass is 404 g/mol. The second kappa shape index (κ2) is 8.13. The average Bonchev–Trinajstić information content (AvgIpc) is 2.58. The van der Waals surface area contributed by atoms with Crippen molar-refractivity contribution < 1.29 is 9.21 Å². The van der Waals surface area contributed by atoms with Crippen LogP contribution in [0.5, 0.6) is 0 Å². The Balaban J connectivity index is 1.74. The fraction of sp³-hybridized carbons (Fsp3) is 0.200. The minimum atomic E-state index is -0.432. The van der Waals surface area contributed by atoms with Crippen molar-refractivity contribution in [3.05, 3.63) is 74.1 Å². The van der Waals surface area contributed by atoms with Crippen LogP contribution >= 0.6 is 23.2 Å². The van der Waals surface area contributed by atoms with E-state index in [-0.39, 0.29) is 12.5 Å². The van der Waals surface area contributed by atoms with E-state index in [2.05, 4.69) is 5.32 Å². The molecule has 0 aliphatic heterocycles. The Kier molecular flexibility index (Phi) is 5.85. The van der Waals surface area contributed by atoms with E-state index in [0.717, 1.165) is 16.5 Å². The van der Waals surface area contributed by atoms with Crippen molar-refractivity contribution in [2.75, 3.05) is 18.9 Å². The van der Waals surface area contributed by atoms with E-state index in [9.17, 15) is 9.59 Å². The molecule has 1 heterocycles. The van der Waals surface area contributed by atoms with Crippen LogP contribution < -0.4 is 10.9 Å². The number of hydrogen-bond acceptors (Lipinski definition) is 4.